The summed E-state index contributed by atoms with van der Waals surface area (Å²) in [6, 6.07) is 8.21. The number of ether oxygens (including phenoxy) is 2. The number of rotatable bonds is 6. The number of fused-ring (bicyclic) bond motifs is 1. The van der Waals surface area contributed by atoms with Crippen LogP contribution in [0.5, 0.6) is 11.5 Å². The van der Waals surface area contributed by atoms with E-state index in [4.69, 9.17) is 14.5 Å². The maximum Gasteiger partial charge on any atom is 0.223 e. The van der Waals surface area contributed by atoms with E-state index in [1.165, 1.54) is 18.3 Å². The van der Waals surface area contributed by atoms with Crippen LogP contribution in [0.15, 0.2) is 29.6 Å². The van der Waals surface area contributed by atoms with Gasteiger partial charge in [0.2, 0.25) is 5.91 Å². The monoisotopic (exact) mass is 412 g/mol. The Morgan fingerprint density at radius 1 is 1.31 bits per heavy atom. The molecule has 0 radical (unpaired) electrons. The zero-order chi connectivity index (χ0) is 20.4. The van der Waals surface area contributed by atoms with Crippen LogP contribution in [-0.4, -0.2) is 41.7 Å². The van der Waals surface area contributed by atoms with E-state index < -0.39 is 0 Å². The number of thiazole rings is 1. The first kappa shape index (κ1) is 19.6. The molecule has 1 aliphatic heterocycles. The van der Waals surface area contributed by atoms with Crippen molar-refractivity contribution in [2.75, 3.05) is 19.0 Å². The van der Waals surface area contributed by atoms with Crippen LogP contribution in [0.2, 0.25) is 0 Å². The third-order valence-corrected chi connectivity index (χ3v) is 5.75. The van der Waals surface area contributed by atoms with E-state index >= 15 is 0 Å². The predicted molar refractivity (Wildman–Crippen MR) is 115 cm³/mol. The molecule has 2 atom stereocenters. The number of carbonyl (C=O) groups excluding carboxylic acids is 1. The lowest BCUT2D eigenvalue weighted by molar-refractivity contribution is -0.114. The molecular weight excluding hydrogens is 388 g/mol. The number of hydrogen-bond donors (Lipinski definition) is 2. The van der Waals surface area contributed by atoms with Crippen LogP contribution in [0, 0.1) is 0 Å². The van der Waals surface area contributed by atoms with Gasteiger partial charge >= 0.3 is 0 Å². The van der Waals surface area contributed by atoms with Gasteiger partial charge in [0.05, 0.1) is 18.3 Å². The largest absolute Gasteiger partial charge is 0.497 e. The Morgan fingerprint density at radius 2 is 2.17 bits per heavy atom. The van der Waals surface area contributed by atoms with Crippen molar-refractivity contribution < 1.29 is 14.3 Å². The van der Waals surface area contributed by atoms with Gasteiger partial charge in [-0.1, -0.05) is 6.92 Å². The Kier molecular flexibility index (Phi) is 5.64. The molecule has 29 heavy (non-hydrogen) atoms. The van der Waals surface area contributed by atoms with Crippen LogP contribution in [0.4, 0.5) is 5.13 Å². The van der Waals surface area contributed by atoms with Gasteiger partial charge in [-0.3, -0.25) is 4.79 Å². The SMILES string of the molecule is CCC1CC(Oc2cc(-c3csc(NC(C)=O)n3)nc3cc(OC)ccc23)CN1. The number of benzene rings is 1. The zero-order valence-electron chi connectivity index (χ0n) is 16.7. The van der Waals surface area contributed by atoms with Crippen LogP contribution in [-0.2, 0) is 4.79 Å². The Morgan fingerprint density at radius 3 is 2.90 bits per heavy atom. The second-order valence-corrected chi connectivity index (χ2v) is 7.95. The summed E-state index contributed by atoms with van der Waals surface area (Å²) < 4.78 is 11.8. The molecule has 8 heteroatoms. The van der Waals surface area contributed by atoms with Gasteiger partial charge in [0.25, 0.3) is 0 Å². The molecule has 2 unspecified atom stereocenters. The first-order chi connectivity index (χ1) is 14.1. The molecule has 1 amide bonds. The highest BCUT2D eigenvalue weighted by Gasteiger charge is 2.25. The fraction of sp³-hybridized carbons (Fsp3) is 0.381. The molecular formula is C21H24N4O3S. The molecule has 7 nitrogen and oxygen atoms in total. The lowest BCUT2D eigenvalue weighted by Gasteiger charge is -2.16. The molecule has 0 saturated carbocycles. The molecule has 1 saturated heterocycles. The standard InChI is InChI=1S/C21H24N4O3S/c1-4-13-7-15(10-22-13)28-20-9-18(19-11-29-21(25-19)23-12(2)26)24-17-8-14(27-3)5-6-16(17)20/h5-6,8-9,11,13,15,22H,4,7,10H2,1-3H3,(H,23,25,26). The molecule has 0 aliphatic carbocycles. The van der Waals surface area contributed by atoms with Crippen LogP contribution >= 0.6 is 11.3 Å². The van der Waals surface area contributed by atoms with Crippen LogP contribution in [0.3, 0.4) is 0 Å². The number of amides is 1. The maximum atomic E-state index is 11.3. The first-order valence-corrected chi connectivity index (χ1v) is 10.6. The highest BCUT2D eigenvalue weighted by atomic mass is 32.1. The highest BCUT2D eigenvalue weighted by Crippen LogP contribution is 2.34. The van der Waals surface area contributed by atoms with E-state index in [0.29, 0.717) is 22.6 Å². The van der Waals surface area contributed by atoms with Crippen molar-refractivity contribution in [3.63, 3.8) is 0 Å². The summed E-state index contributed by atoms with van der Waals surface area (Å²) in [5.41, 5.74) is 2.18. The van der Waals surface area contributed by atoms with Crippen molar-refractivity contribution in [3.8, 4) is 22.9 Å². The zero-order valence-corrected chi connectivity index (χ0v) is 17.5. The number of pyridine rings is 1. The second-order valence-electron chi connectivity index (χ2n) is 7.10. The van der Waals surface area contributed by atoms with Crippen molar-refractivity contribution >= 4 is 33.3 Å². The second kappa shape index (κ2) is 8.34. The Hall–Kier alpha value is -2.71. The molecule has 152 valence electrons. The van der Waals surface area contributed by atoms with Gasteiger partial charge in [0.1, 0.15) is 23.3 Å². The summed E-state index contributed by atoms with van der Waals surface area (Å²) in [6.07, 6.45) is 2.19. The van der Waals surface area contributed by atoms with E-state index in [-0.39, 0.29) is 12.0 Å². The smallest absolute Gasteiger partial charge is 0.223 e. The molecule has 1 aliphatic rings. The number of nitrogens with zero attached hydrogens (tertiary/aromatic N) is 2. The Labute approximate surface area is 173 Å². The summed E-state index contributed by atoms with van der Waals surface area (Å²) in [6.45, 7) is 4.48. The predicted octanol–water partition coefficient (Wildman–Crippen LogP) is 3.84. The van der Waals surface area contributed by atoms with Crippen molar-refractivity contribution in [3.05, 3.63) is 29.6 Å². The van der Waals surface area contributed by atoms with Crippen LogP contribution in [0.1, 0.15) is 26.7 Å². The summed E-state index contributed by atoms with van der Waals surface area (Å²) in [7, 11) is 1.64. The Balaban J connectivity index is 1.72. The molecule has 4 rings (SSSR count). The summed E-state index contributed by atoms with van der Waals surface area (Å²) in [4.78, 5) is 20.6. The van der Waals surface area contributed by atoms with Gasteiger partial charge in [0.15, 0.2) is 5.13 Å². The average molecular weight is 413 g/mol. The van der Waals surface area contributed by atoms with E-state index in [0.717, 1.165) is 41.8 Å². The number of methoxy groups -OCH3 is 1. The van der Waals surface area contributed by atoms with Crippen molar-refractivity contribution in [2.45, 2.75) is 38.8 Å². The molecule has 0 bridgehead atoms. The number of hydrogen-bond acceptors (Lipinski definition) is 7. The first-order valence-electron chi connectivity index (χ1n) is 9.68. The molecule has 1 aromatic carbocycles. The van der Waals surface area contributed by atoms with E-state index in [9.17, 15) is 4.79 Å². The van der Waals surface area contributed by atoms with Gasteiger partial charge in [-0.15, -0.1) is 11.3 Å². The fourth-order valence-corrected chi connectivity index (χ4v) is 4.24. The molecule has 0 spiro atoms. The summed E-state index contributed by atoms with van der Waals surface area (Å²) in [5, 5.41) is 9.58. The van der Waals surface area contributed by atoms with Crippen molar-refractivity contribution in [1.82, 2.24) is 15.3 Å². The van der Waals surface area contributed by atoms with Crippen molar-refractivity contribution in [1.29, 1.82) is 0 Å². The molecule has 2 N–H and O–H groups in total. The number of nitrogens with one attached hydrogen (secondary N) is 2. The molecule has 3 heterocycles. The summed E-state index contributed by atoms with van der Waals surface area (Å²) >= 11 is 1.37. The van der Waals surface area contributed by atoms with E-state index in [1.54, 1.807) is 7.11 Å². The van der Waals surface area contributed by atoms with Gasteiger partial charge in [0, 0.05) is 48.8 Å². The number of aromatic nitrogens is 2. The van der Waals surface area contributed by atoms with E-state index in [2.05, 4.69) is 22.5 Å². The number of anilines is 1. The quantitative estimate of drug-likeness (QED) is 0.640. The minimum absolute atomic E-state index is 0.117. The summed E-state index contributed by atoms with van der Waals surface area (Å²) in [5.74, 6) is 1.37. The van der Waals surface area contributed by atoms with Gasteiger partial charge in [-0.05, 0) is 18.6 Å². The van der Waals surface area contributed by atoms with Gasteiger partial charge < -0.3 is 20.1 Å². The maximum absolute atomic E-state index is 11.3. The topological polar surface area (TPSA) is 85.4 Å². The highest BCUT2D eigenvalue weighted by molar-refractivity contribution is 7.14. The minimum Gasteiger partial charge on any atom is -0.497 e. The van der Waals surface area contributed by atoms with Gasteiger partial charge in [-0.2, -0.15) is 0 Å². The van der Waals surface area contributed by atoms with Crippen molar-refractivity contribution in [2.24, 2.45) is 0 Å². The lowest BCUT2D eigenvalue weighted by Crippen LogP contribution is -2.21. The third kappa shape index (κ3) is 4.33. The van der Waals surface area contributed by atoms with E-state index in [1.807, 2.05) is 29.6 Å². The lowest BCUT2D eigenvalue weighted by atomic mass is 10.1. The average Bonchev–Trinajstić information content (AvgIpc) is 3.36. The van der Waals surface area contributed by atoms with Crippen LogP contribution < -0.4 is 20.1 Å². The minimum atomic E-state index is -0.148. The molecule has 3 aromatic rings. The van der Waals surface area contributed by atoms with Crippen LogP contribution in [0.25, 0.3) is 22.3 Å². The number of carbonyl (C=O) groups is 1. The third-order valence-electron chi connectivity index (χ3n) is 5.00. The normalized spacial score (nSPS) is 18.7. The molecule has 2 aromatic heterocycles. The fourth-order valence-electron chi connectivity index (χ4n) is 3.49. The molecule has 1 fully saturated rings. The Bertz CT molecular complexity index is 1040. The van der Waals surface area contributed by atoms with Gasteiger partial charge in [-0.25, -0.2) is 9.97 Å².